The van der Waals surface area contributed by atoms with Crippen LogP contribution in [0.1, 0.15) is 0 Å². The molecule has 1 N–H and O–H groups in total. The second-order valence-electron chi connectivity index (χ2n) is 2.63. The molecule has 1 aliphatic carbocycles. The summed E-state index contributed by atoms with van der Waals surface area (Å²) >= 11 is 0. The maximum atomic E-state index is 12.4. The molecule has 0 amide bonds. The Balaban J connectivity index is 3.22. The minimum atomic E-state index is -5.46. The summed E-state index contributed by atoms with van der Waals surface area (Å²) in [6.07, 6.45) is -3.77. The molecule has 7 heteroatoms. The van der Waals surface area contributed by atoms with Gasteiger partial charge in [0.2, 0.25) is 0 Å². The molecular formula is C6H4F6O. The van der Waals surface area contributed by atoms with E-state index in [4.69, 9.17) is 5.11 Å². The van der Waals surface area contributed by atoms with Crippen molar-refractivity contribution in [2.24, 2.45) is 0 Å². The molecular weight excluding hydrogens is 202 g/mol. The van der Waals surface area contributed by atoms with Crippen LogP contribution in [-0.2, 0) is 0 Å². The topological polar surface area (TPSA) is 20.2 Å². The molecule has 1 nitrogen and oxygen atoms in total. The Morgan fingerprint density at radius 2 is 1.54 bits per heavy atom. The van der Waals surface area contributed by atoms with Crippen molar-refractivity contribution >= 4 is 0 Å². The van der Waals surface area contributed by atoms with Crippen LogP contribution in [0, 0.1) is 0 Å². The van der Waals surface area contributed by atoms with Gasteiger partial charge in [-0.15, -0.1) is 0 Å². The van der Waals surface area contributed by atoms with Gasteiger partial charge in [0.15, 0.2) is 6.17 Å². The minimum Gasteiger partial charge on any atom is -0.354 e. The summed E-state index contributed by atoms with van der Waals surface area (Å²) in [6, 6.07) is 0. The van der Waals surface area contributed by atoms with Gasteiger partial charge in [-0.3, -0.25) is 0 Å². The van der Waals surface area contributed by atoms with E-state index in [-0.39, 0.29) is 12.2 Å². The number of halogens is 6. The van der Waals surface area contributed by atoms with Gasteiger partial charge < -0.3 is 5.11 Å². The number of hydrogen-bond acceptors (Lipinski definition) is 1. The van der Waals surface area contributed by atoms with Crippen molar-refractivity contribution in [1.82, 2.24) is 0 Å². The summed E-state index contributed by atoms with van der Waals surface area (Å²) in [4.78, 5) is 0. The van der Waals surface area contributed by atoms with E-state index in [1.807, 2.05) is 0 Å². The fourth-order valence-corrected chi connectivity index (χ4v) is 0.844. The summed E-state index contributed by atoms with van der Waals surface area (Å²) in [5.74, 6) is -15.2. The minimum absolute atomic E-state index is 0.141. The molecule has 13 heavy (non-hydrogen) atoms. The van der Waals surface area contributed by atoms with Gasteiger partial charge in [-0.25, -0.2) is 8.78 Å². The van der Waals surface area contributed by atoms with Crippen molar-refractivity contribution < 1.29 is 31.4 Å². The van der Waals surface area contributed by atoms with E-state index in [1.165, 1.54) is 0 Å². The predicted octanol–water partition coefficient (Wildman–Crippen LogP) is 1.82. The molecule has 0 saturated heterocycles. The molecule has 2 atom stereocenters. The third kappa shape index (κ3) is 1.13. The highest BCUT2D eigenvalue weighted by atomic mass is 19.3. The SMILES string of the molecule is OC1(F)C=CC(F)C(F)(F)C1(F)F. The molecule has 0 radical (unpaired) electrons. The van der Waals surface area contributed by atoms with E-state index in [0.717, 1.165) is 0 Å². The third-order valence-corrected chi connectivity index (χ3v) is 1.69. The van der Waals surface area contributed by atoms with E-state index in [0.29, 0.717) is 0 Å². The van der Waals surface area contributed by atoms with Crippen LogP contribution in [0.3, 0.4) is 0 Å². The Bertz CT molecular complexity index is 246. The van der Waals surface area contributed by atoms with Gasteiger partial charge in [0.05, 0.1) is 0 Å². The smallest absolute Gasteiger partial charge is 0.354 e. The Morgan fingerprint density at radius 3 is 1.92 bits per heavy atom. The Labute approximate surface area is 68.7 Å². The van der Waals surface area contributed by atoms with Gasteiger partial charge in [-0.1, -0.05) is 0 Å². The van der Waals surface area contributed by atoms with Crippen LogP contribution in [0.25, 0.3) is 0 Å². The molecule has 1 rings (SSSR count). The summed E-state index contributed by atoms with van der Waals surface area (Å²) in [5.41, 5.74) is 0. The zero-order valence-corrected chi connectivity index (χ0v) is 5.95. The molecule has 0 heterocycles. The highest BCUT2D eigenvalue weighted by Crippen LogP contribution is 2.49. The lowest BCUT2D eigenvalue weighted by Gasteiger charge is -2.36. The fraction of sp³-hybridized carbons (Fsp3) is 0.667. The Morgan fingerprint density at radius 1 is 1.08 bits per heavy atom. The average molecular weight is 206 g/mol. The molecule has 0 bridgehead atoms. The summed E-state index contributed by atoms with van der Waals surface area (Å²) in [7, 11) is 0. The van der Waals surface area contributed by atoms with Crippen molar-refractivity contribution in [3.05, 3.63) is 12.2 Å². The molecule has 0 aromatic heterocycles. The lowest BCUT2D eigenvalue weighted by atomic mass is 9.93. The summed E-state index contributed by atoms with van der Waals surface area (Å²) in [5, 5.41) is 8.21. The largest absolute Gasteiger partial charge is 0.374 e. The van der Waals surface area contributed by atoms with E-state index in [1.54, 1.807) is 0 Å². The van der Waals surface area contributed by atoms with Crippen molar-refractivity contribution in [3.63, 3.8) is 0 Å². The molecule has 0 spiro atoms. The van der Waals surface area contributed by atoms with Gasteiger partial charge in [0, 0.05) is 0 Å². The molecule has 76 valence electrons. The van der Waals surface area contributed by atoms with Crippen LogP contribution in [0.2, 0.25) is 0 Å². The molecule has 0 fully saturated rings. The average Bonchev–Trinajstić information content (AvgIpc) is 1.97. The second kappa shape index (κ2) is 2.40. The van der Waals surface area contributed by atoms with E-state index < -0.39 is 23.9 Å². The van der Waals surface area contributed by atoms with E-state index in [9.17, 15) is 26.3 Å². The highest BCUT2D eigenvalue weighted by molar-refractivity contribution is 5.19. The van der Waals surface area contributed by atoms with E-state index >= 15 is 0 Å². The zero-order chi connectivity index (χ0) is 10.5. The van der Waals surface area contributed by atoms with Crippen molar-refractivity contribution in [2.45, 2.75) is 23.9 Å². The van der Waals surface area contributed by atoms with Crippen LogP contribution in [0.4, 0.5) is 26.3 Å². The van der Waals surface area contributed by atoms with Gasteiger partial charge >= 0.3 is 11.8 Å². The Kier molecular flexibility index (Phi) is 1.91. The zero-order valence-electron chi connectivity index (χ0n) is 5.95. The fourth-order valence-electron chi connectivity index (χ4n) is 0.844. The van der Waals surface area contributed by atoms with E-state index in [2.05, 4.69) is 0 Å². The lowest BCUT2D eigenvalue weighted by Crippen LogP contribution is -2.61. The lowest BCUT2D eigenvalue weighted by molar-refractivity contribution is -0.332. The van der Waals surface area contributed by atoms with Crippen LogP contribution in [0.5, 0.6) is 0 Å². The number of allylic oxidation sites excluding steroid dienone is 1. The number of rotatable bonds is 0. The molecule has 0 aromatic carbocycles. The number of alkyl halides is 6. The normalized spacial score (nSPS) is 41.9. The molecule has 2 unspecified atom stereocenters. The second-order valence-corrected chi connectivity index (χ2v) is 2.63. The van der Waals surface area contributed by atoms with Crippen LogP contribution in [-0.4, -0.2) is 29.0 Å². The standard InChI is InChI=1S/C6H4F6O/c7-3-1-2-4(8,13)6(11,12)5(3,9)10/h1-3,13H. The maximum absolute atomic E-state index is 12.4. The van der Waals surface area contributed by atoms with Crippen molar-refractivity contribution in [2.75, 3.05) is 0 Å². The van der Waals surface area contributed by atoms with Crippen LogP contribution in [0.15, 0.2) is 12.2 Å². The highest BCUT2D eigenvalue weighted by Gasteiger charge is 2.74. The first-order valence-corrected chi connectivity index (χ1v) is 3.13. The third-order valence-electron chi connectivity index (χ3n) is 1.69. The molecule has 0 aromatic rings. The summed E-state index contributed by atoms with van der Waals surface area (Å²) < 4.78 is 73.9. The number of hydrogen-bond donors (Lipinski definition) is 1. The molecule has 0 aliphatic heterocycles. The first-order chi connectivity index (χ1) is 5.63. The van der Waals surface area contributed by atoms with Crippen LogP contribution >= 0.6 is 0 Å². The van der Waals surface area contributed by atoms with Crippen molar-refractivity contribution in [3.8, 4) is 0 Å². The van der Waals surface area contributed by atoms with Crippen LogP contribution < -0.4 is 0 Å². The quantitative estimate of drug-likeness (QED) is 0.473. The van der Waals surface area contributed by atoms with Gasteiger partial charge in [0.25, 0.3) is 5.85 Å². The maximum Gasteiger partial charge on any atom is 0.374 e. The molecule has 0 saturated carbocycles. The Hall–Kier alpha value is -0.720. The molecule has 1 aliphatic rings. The van der Waals surface area contributed by atoms with Crippen molar-refractivity contribution in [1.29, 1.82) is 0 Å². The first kappa shape index (κ1) is 10.4. The number of aliphatic hydroxyl groups is 1. The van der Waals surface area contributed by atoms with Gasteiger partial charge in [0.1, 0.15) is 0 Å². The summed E-state index contributed by atoms with van der Waals surface area (Å²) in [6.45, 7) is 0. The first-order valence-electron chi connectivity index (χ1n) is 3.13. The van der Waals surface area contributed by atoms with Gasteiger partial charge in [-0.05, 0) is 12.2 Å². The monoisotopic (exact) mass is 206 g/mol. The predicted molar refractivity (Wildman–Crippen MR) is 30.0 cm³/mol. The van der Waals surface area contributed by atoms with Gasteiger partial charge in [-0.2, -0.15) is 17.6 Å².